The molecular formula is C21H19NO4S2. The number of amides is 1. The van der Waals surface area contributed by atoms with Crippen LogP contribution in [0.1, 0.15) is 31.7 Å². The number of fused-ring (bicyclic) bond motifs is 2. The summed E-state index contributed by atoms with van der Waals surface area (Å²) in [4.78, 5) is 18.1. The minimum atomic E-state index is -0.0540. The van der Waals surface area contributed by atoms with E-state index in [1.807, 2.05) is 11.0 Å². The standard InChI is InChI=1S/C21H19NO4S2/c1-24-15-11-13(12-16-20(15)26-8-7-25-16)21(23)22-6-4-17-14(5-10-28-17)19(22)18-3-2-9-27-18/h2-3,5,9-12,19H,4,6-8H2,1H3/t19-/m0/s1. The number of carbonyl (C=O) groups is 1. The summed E-state index contributed by atoms with van der Waals surface area (Å²) >= 11 is 3.46. The van der Waals surface area contributed by atoms with Crippen molar-refractivity contribution in [1.82, 2.24) is 4.90 Å². The number of methoxy groups -OCH3 is 1. The van der Waals surface area contributed by atoms with E-state index in [2.05, 4.69) is 22.9 Å². The number of rotatable bonds is 3. The summed E-state index contributed by atoms with van der Waals surface area (Å²) in [6.45, 7) is 1.63. The van der Waals surface area contributed by atoms with Gasteiger partial charge in [-0.1, -0.05) is 6.07 Å². The molecule has 1 amide bonds. The Morgan fingerprint density at radius 2 is 2.07 bits per heavy atom. The summed E-state index contributed by atoms with van der Waals surface area (Å²) in [5.41, 5.74) is 1.79. The lowest BCUT2D eigenvalue weighted by molar-refractivity contribution is 0.0697. The van der Waals surface area contributed by atoms with E-state index >= 15 is 0 Å². The molecule has 0 N–H and O–H groups in total. The number of hydrogen-bond acceptors (Lipinski definition) is 6. The number of nitrogens with zero attached hydrogens (tertiary/aromatic N) is 1. The molecule has 0 fully saturated rings. The maximum Gasteiger partial charge on any atom is 0.254 e. The average molecular weight is 414 g/mol. The molecule has 0 saturated heterocycles. The van der Waals surface area contributed by atoms with Crippen LogP contribution >= 0.6 is 22.7 Å². The largest absolute Gasteiger partial charge is 0.493 e. The summed E-state index contributed by atoms with van der Waals surface area (Å²) in [5.74, 6) is 1.64. The maximum atomic E-state index is 13.6. The van der Waals surface area contributed by atoms with Crippen molar-refractivity contribution in [1.29, 1.82) is 0 Å². The van der Waals surface area contributed by atoms with Gasteiger partial charge in [-0.25, -0.2) is 0 Å². The molecule has 5 rings (SSSR count). The van der Waals surface area contributed by atoms with E-state index in [1.165, 1.54) is 15.3 Å². The van der Waals surface area contributed by atoms with Gasteiger partial charge in [-0.2, -0.15) is 0 Å². The molecule has 28 heavy (non-hydrogen) atoms. The van der Waals surface area contributed by atoms with Gasteiger partial charge in [0.1, 0.15) is 13.2 Å². The molecule has 1 aromatic carbocycles. The lowest BCUT2D eigenvalue weighted by Gasteiger charge is -2.35. The number of thiophene rings is 2. The van der Waals surface area contributed by atoms with E-state index in [1.54, 1.807) is 41.9 Å². The van der Waals surface area contributed by atoms with E-state index < -0.39 is 0 Å². The first-order valence-electron chi connectivity index (χ1n) is 9.14. The molecule has 4 heterocycles. The second kappa shape index (κ2) is 7.14. The Balaban J connectivity index is 1.56. The first-order valence-corrected chi connectivity index (χ1v) is 10.9. The van der Waals surface area contributed by atoms with Gasteiger partial charge in [0.2, 0.25) is 5.75 Å². The van der Waals surface area contributed by atoms with Crippen molar-refractivity contribution >= 4 is 28.6 Å². The predicted molar refractivity (Wildman–Crippen MR) is 109 cm³/mol. The van der Waals surface area contributed by atoms with E-state index in [0.29, 0.717) is 42.6 Å². The molecule has 0 bridgehead atoms. The zero-order valence-corrected chi connectivity index (χ0v) is 17.0. The van der Waals surface area contributed by atoms with Crippen LogP contribution in [0.4, 0.5) is 0 Å². The van der Waals surface area contributed by atoms with Gasteiger partial charge in [0.25, 0.3) is 5.91 Å². The molecule has 0 saturated carbocycles. The summed E-state index contributed by atoms with van der Waals surface area (Å²) in [5, 5.41) is 4.18. The number of ether oxygens (including phenoxy) is 3. The van der Waals surface area contributed by atoms with Gasteiger partial charge in [-0.15, -0.1) is 22.7 Å². The van der Waals surface area contributed by atoms with Crippen LogP contribution in [0.5, 0.6) is 17.2 Å². The molecule has 0 spiro atoms. The Hall–Kier alpha value is -2.51. The summed E-state index contributed by atoms with van der Waals surface area (Å²) in [7, 11) is 1.58. The Morgan fingerprint density at radius 3 is 2.89 bits per heavy atom. The Kier molecular flexibility index (Phi) is 4.49. The Morgan fingerprint density at radius 1 is 1.18 bits per heavy atom. The number of carbonyl (C=O) groups excluding carboxylic acids is 1. The maximum absolute atomic E-state index is 13.6. The average Bonchev–Trinajstić information content (AvgIpc) is 3.43. The molecule has 2 aliphatic heterocycles. The zero-order chi connectivity index (χ0) is 19.1. The number of benzene rings is 1. The van der Waals surface area contributed by atoms with E-state index in [9.17, 15) is 4.79 Å². The van der Waals surface area contributed by atoms with Crippen LogP contribution in [0, 0.1) is 0 Å². The van der Waals surface area contributed by atoms with E-state index in [0.717, 1.165) is 6.42 Å². The molecular weight excluding hydrogens is 394 g/mol. The van der Waals surface area contributed by atoms with Crippen LogP contribution in [0.3, 0.4) is 0 Å². The highest BCUT2D eigenvalue weighted by atomic mass is 32.1. The van der Waals surface area contributed by atoms with Crippen LogP contribution < -0.4 is 14.2 Å². The van der Waals surface area contributed by atoms with Crippen LogP contribution in [-0.4, -0.2) is 37.7 Å². The lowest BCUT2D eigenvalue weighted by atomic mass is 9.97. The van der Waals surface area contributed by atoms with Gasteiger partial charge in [-0.3, -0.25) is 4.79 Å². The second-order valence-electron chi connectivity index (χ2n) is 6.67. The summed E-state index contributed by atoms with van der Waals surface area (Å²) in [6, 6.07) is 9.76. The highest BCUT2D eigenvalue weighted by Crippen LogP contribution is 2.43. The van der Waals surface area contributed by atoms with Crippen LogP contribution in [-0.2, 0) is 6.42 Å². The fourth-order valence-corrected chi connectivity index (χ4v) is 5.61. The SMILES string of the molecule is COc1cc(C(=O)N2CCc3sccc3[C@H]2c2cccs2)cc2c1OCCO2. The molecule has 2 aliphatic rings. The predicted octanol–water partition coefficient (Wildman–Crippen LogP) is 4.38. The molecule has 0 aliphatic carbocycles. The molecule has 0 radical (unpaired) electrons. The number of hydrogen-bond donors (Lipinski definition) is 0. The van der Waals surface area contributed by atoms with Crippen molar-refractivity contribution in [2.24, 2.45) is 0 Å². The minimum Gasteiger partial charge on any atom is -0.493 e. The first-order chi connectivity index (χ1) is 13.8. The summed E-state index contributed by atoms with van der Waals surface area (Å²) in [6.07, 6.45) is 0.877. The van der Waals surface area contributed by atoms with Gasteiger partial charge in [-0.05, 0) is 47.0 Å². The zero-order valence-electron chi connectivity index (χ0n) is 15.3. The van der Waals surface area contributed by atoms with Crippen LogP contribution in [0.15, 0.2) is 41.1 Å². The minimum absolute atomic E-state index is 0.0227. The fraction of sp³-hybridized carbons (Fsp3) is 0.286. The third kappa shape index (κ3) is 2.86. The highest BCUT2D eigenvalue weighted by Gasteiger charge is 2.34. The van der Waals surface area contributed by atoms with Gasteiger partial charge < -0.3 is 19.1 Å². The van der Waals surface area contributed by atoms with Crippen molar-refractivity contribution in [3.8, 4) is 17.2 Å². The van der Waals surface area contributed by atoms with Crippen LogP contribution in [0.25, 0.3) is 0 Å². The highest BCUT2D eigenvalue weighted by molar-refractivity contribution is 7.10. The Bertz CT molecular complexity index is 994. The van der Waals surface area contributed by atoms with E-state index in [4.69, 9.17) is 14.2 Å². The smallest absolute Gasteiger partial charge is 0.254 e. The third-order valence-electron chi connectivity index (χ3n) is 5.11. The van der Waals surface area contributed by atoms with Gasteiger partial charge >= 0.3 is 0 Å². The third-order valence-corrected chi connectivity index (χ3v) is 7.04. The van der Waals surface area contributed by atoms with Gasteiger partial charge in [0.05, 0.1) is 13.2 Å². The van der Waals surface area contributed by atoms with Crippen molar-refractivity contribution in [2.45, 2.75) is 12.5 Å². The fourth-order valence-electron chi connectivity index (χ4n) is 3.85. The topological polar surface area (TPSA) is 48.0 Å². The van der Waals surface area contributed by atoms with E-state index in [-0.39, 0.29) is 11.9 Å². The Labute approximate surface area is 171 Å². The van der Waals surface area contributed by atoms with Gasteiger partial charge in [0.15, 0.2) is 11.5 Å². The molecule has 5 nitrogen and oxygen atoms in total. The lowest BCUT2D eigenvalue weighted by Crippen LogP contribution is -2.39. The first kappa shape index (κ1) is 17.6. The molecule has 1 atom stereocenters. The normalized spacial score (nSPS) is 17.9. The summed E-state index contributed by atoms with van der Waals surface area (Å²) < 4.78 is 16.8. The van der Waals surface area contributed by atoms with Crippen LogP contribution in [0.2, 0.25) is 0 Å². The van der Waals surface area contributed by atoms with Crippen molar-refractivity contribution < 1.29 is 19.0 Å². The monoisotopic (exact) mass is 413 g/mol. The molecule has 2 aromatic heterocycles. The molecule has 7 heteroatoms. The quantitative estimate of drug-likeness (QED) is 0.639. The molecule has 0 unspecified atom stereocenters. The molecule has 3 aromatic rings. The second-order valence-corrected chi connectivity index (χ2v) is 8.65. The van der Waals surface area contributed by atoms with Crippen molar-refractivity contribution in [2.75, 3.05) is 26.9 Å². The van der Waals surface area contributed by atoms with Crippen molar-refractivity contribution in [3.63, 3.8) is 0 Å². The molecule has 144 valence electrons. The van der Waals surface area contributed by atoms with Gasteiger partial charge in [0, 0.05) is 21.9 Å². The van der Waals surface area contributed by atoms with Crippen molar-refractivity contribution in [3.05, 3.63) is 62.0 Å².